The lowest BCUT2D eigenvalue weighted by Gasteiger charge is -2.44. The quantitative estimate of drug-likeness (QED) is 0.518. The van der Waals surface area contributed by atoms with Crippen LogP contribution in [0.4, 0.5) is 23.2 Å². The Balaban J connectivity index is 0.000000267. The highest BCUT2D eigenvalue weighted by Gasteiger charge is 2.48. The highest BCUT2D eigenvalue weighted by Crippen LogP contribution is 2.30. The van der Waals surface area contributed by atoms with Gasteiger partial charge in [-0.2, -0.15) is 0 Å². The van der Waals surface area contributed by atoms with E-state index in [-0.39, 0.29) is 12.5 Å². The monoisotopic (exact) mass is 569 g/mol. The minimum absolute atomic E-state index is 0.198. The smallest absolute Gasteiger partial charge is 0.411 e. The van der Waals surface area contributed by atoms with Gasteiger partial charge in [-0.25, -0.2) is 28.0 Å². The molecule has 0 radical (unpaired) electrons. The second kappa shape index (κ2) is 11.8. The minimum atomic E-state index is -0.970. The normalized spacial score (nSPS) is 23.9. The molecule has 0 aromatic heterocycles. The van der Waals surface area contributed by atoms with Crippen LogP contribution in [0.2, 0.25) is 0 Å². The number of benzene rings is 1. The summed E-state index contributed by atoms with van der Waals surface area (Å²) in [5.41, 5.74) is -0.790. The zero-order valence-electron chi connectivity index (χ0n) is 23.5. The number of likely N-dealkylation sites (tertiary alicyclic amines) is 2. The van der Waals surface area contributed by atoms with Crippen LogP contribution in [0.1, 0.15) is 59.9 Å². The molecule has 1 aromatic rings. The third-order valence-corrected chi connectivity index (χ3v) is 6.33. The van der Waals surface area contributed by atoms with Gasteiger partial charge in [-0.1, -0.05) is 0 Å². The van der Waals surface area contributed by atoms with E-state index >= 15 is 0 Å². The predicted octanol–water partition coefficient (Wildman–Crippen LogP) is 4.07. The Morgan fingerprint density at radius 1 is 0.950 bits per heavy atom. The van der Waals surface area contributed by atoms with Crippen LogP contribution >= 0.6 is 0 Å². The van der Waals surface area contributed by atoms with Crippen molar-refractivity contribution in [3.8, 4) is 0 Å². The number of cyclic esters (lactones) is 1. The largest absolute Gasteiger partial charge is 0.480 e. The maximum Gasteiger partial charge on any atom is 0.411 e. The highest BCUT2D eigenvalue weighted by molar-refractivity contribution is 5.82. The molecule has 0 saturated carbocycles. The third kappa shape index (κ3) is 8.18. The summed E-state index contributed by atoms with van der Waals surface area (Å²) in [4.78, 5) is 48.8. The van der Waals surface area contributed by atoms with Crippen LogP contribution in [0, 0.1) is 11.6 Å². The maximum atomic E-state index is 13.4. The fourth-order valence-corrected chi connectivity index (χ4v) is 4.45. The number of nitrogens with one attached hydrogen (secondary N) is 1. The Hall–Kier alpha value is -3.64. The number of rotatable bonds is 4. The second-order valence-electron chi connectivity index (χ2n) is 11.9. The molecule has 3 aliphatic rings. The molecule has 13 heteroatoms. The molecule has 3 saturated heterocycles. The Morgan fingerprint density at radius 3 is 1.90 bits per heavy atom. The van der Waals surface area contributed by atoms with Crippen LogP contribution in [0.5, 0.6) is 0 Å². The van der Waals surface area contributed by atoms with E-state index in [1.165, 1.54) is 21.9 Å². The molecular weight excluding hydrogens is 532 g/mol. The summed E-state index contributed by atoms with van der Waals surface area (Å²) in [5.74, 6) is -2.33. The summed E-state index contributed by atoms with van der Waals surface area (Å²) in [6.45, 7) is 11.6. The molecule has 3 fully saturated rings. The van der Waals surface area contributed by atoms with E-state index in [4.69, 9.17) is 19.3 Å². The average molecular weight is 570 g/mol. The summed E-state index contributed by atoms with van der Waals surface area (Å²) in [6.07, 6.45) is -0.850. The van der Waals surface area contributed by atoms with E-state index < -0.39 is 65.3 Å². The van der Waals surface area contributed by atoms with Crippen LogP contribution in [0.25, 0.3) is 0 Å². The molecule has 0 unspecified atom stereocenters. The molecular formula is C27H37F2N3O8. The maximum absolute atomic E-state index is 13.4. The zero-order valence-corrected chi connectivity index (χ0v) is 23.5. The average Bonchev–Trinajstić information content (AvgIpc) is 3.01. The number of carbonyl (C=O) groups is 4. The van der Waals surface area contributed by atoms with E-state index in [9.17, 15) is 28.0 Å². The fourth-order valence-electron chi connectivity index (χ4n) is 4.45. The molecule has 3 heterocycles. The van der Waals surface area contributed by atoms with Crippen molar-refractivity contribution in [2.24, 2.45) is 0 Å². The number of nitrogens with zero attached hydrogens (tertiary/aromatic N) is 2. The standard InChI is InChI=1S/C18H22F2N2O4.C9H15NO4/c1-18(2,3)26-17(24)22-5-4-14(22)15-13(21-16(23)25-15)8-10-6-11(19)9-12(20)7-10;1-9(2,3)14-8(13)10-5-4-6(10)7(11)12/h6-7,9,13-15H,4-5,8H2,1-3H3,(H,21,23);6H,4-5H2,1-3H3,(H,11,12)/t13-,14+,15-;6-/m01/s1. The van der Waals surface area contributed by atoms with E-state index in [1.807, 2.05) is 0 Å². The van der Waals surface area contributed by atoms with Crippen LogP contribution in [0.15, 0.2) is 18.2 Å². The van der Waals surface area contributed by atoms with E-state index in [2.05, 4.69) is 5.32 Å². The fraction of sp³-hybridized carbons (Fsp3) is 0.630. The van der Waals surface area contributed by atoms with Gasteiger partial charge in [0.1, 0.15) is 35.0 Å². The molecule has 2 N–H and O–H groups in total. The number of hydrogen-bond acceptors (Lipinski definition) is 7. The van der Waals surface area contributed by atoms with Crippen molar-refractivity contribution >= 4 is 24.2 Å². The van der Waals surface area contributed by atoms with Gasteiger partial charge in [0.2, 0.25) is 0 Å². The molecule has 40 heavy (non-hydrogen) atoms. The Morgan fingerprint density at radius 2 is 1.48 bits per heavy atom. The van der Waals surface area contributed by atoms with Gasteiger partial charge in [-0.15, -0.1) is 0 Å². The van der Waals surface area contributed by atoms with Gasteiger partial charge in [0.05, 0.1) is 12.1 Å². The minimum Gasteiger partial charge on any atom is -0.480 e. The van der Waals surface area contributed by atoms with Crippen LogP contribution < -0.4 is 5.32 Å². The van der Waals surface area contributed by atoms with Gasteiger partial charge >= 0.3 is 24.2 Å². The first-order valence-corrected chi connectivity index (χ1v) is 13.1. The van der Waals surface area contributed by atoms with Gasteiger partial charge in [0.25, 0.3) is 0 Å². The number of alkyl carbamates (subject to hydrolysis) is 1. The van der Waals surface area contributed by atoms with Crippen molar-refractivity contribution in [1.29, 1.82) is 0 Å². The molecule has 0 spiro atoms. The van der Waals surface area contributed by atoms with Gasteiger partial charge < -0.3 is 29.5 Å². The van der Waals surface area contributed by atoms with Crippen molar-refractivity contribution in [2.75, 3.05) is 13.1 Å². The first-order valence-electron chi connectivity index (χ1n) is 13.1. The summed E-state index contributed by atoms with van der Waals surface area (Å²) in [7, 11) is 0. The molecule has 11 nitrogen and oxygen atoms in total. The zero-order chi connectivity index (χ0) is 30.0. The van der Waals surface area contributed by atoms with E-state index in [1.54, 1.807) is 41.5 Å². The van der Waals surface area contributed by atoms with Gasteiger partial charge in [0, 0.05) is 19.2 Å². The van der Waals surface area contributed by atoms with Gasteiger partial charge in [0.15, 0.2) is 0 Å². The number of ether oxygens (including phenoxy) is 3. The second-order valence-corrected chi connectivity index (χ2v) is 11.9. The van der Waals surface area contributed by atoms with E-state index in [0.29, 0.717) is 31.5 Å². The molecule has 222 valence electrons. The Bertz CT molecular complexity index is 1110. The van der Waals surface area contributed by atoms with E-state index in [0.717, 1.165) is 6.07 Å². The Labute approximate surface area is 231 Å². The Kier molecular flexibility index (Phi) is 9.15. The summed E-state index contributed by atoms with van der Waals surface area (Å²) < 4.78 is 42.6. The van der Waals surface area contributed by atoms with Crippen LogP contribution in [0.3, 0.4) is 0 Å². The molecule has 0 aliphatic carbocycles. The topological polar surface area (TPSA) is 135 Å². The molecule has 3 amide bonds. The number of carboxylic acid groups (broad SMARTS) is 1. The molecule has 3 aliphatic heterocycles. The van der Waals surface area contributed by atoms with Crippen molar-refractivity contribution in [2.45, 2.75) is 96.2 Å². The molecule has 0 bridgehead atoms. The van der Waals surface area contributed by atoms with Crippen molar-refractivity contribution in [1.82, 2.24) is 15.1 Å². The molecule has 4 rings (SSSR count). The predicted molar refractivity (Wildman–Crippen MR) is 138 cm³/mol. The molecule has 1 aromatic carbocycles. The van der Waals surface area contributed by atoms with Crippen molar-refractivity contribution in [3.63, 3.8) is 0 Å². The lowest BCUT2D eigenvalue weighted by atomic mass is 9.90. The first kappa shape index (κ1) is 30.9. The van der Waals surface area contributed by atoms with Gasteiger partial charge in [-0.05, 0) is 78.5 Å². The lowest BCUT2D eigenvalue weighted by molar-refractivity contribution is -0.147. The number of aliphatic carboxylic acids is 1. The van der Waals surface area contributed by atoms with Gasteiger partial charge in [-0.3, -0.25) is 4.90 Å². The number of hydrogen-bond donors (Lipinski definition) is 2. The van der Waals surface area contributed by atoms with Crippen LogP contribution in [-0.4, -0.2) is 87.7 Å². The summed E-state index contributed by atoms with van der Waals surface area (Å²) in [5, 5.41) is 11.4. The first-order chi connectivity index (χ1) is 18.4. The molecule has 4 atom stereocenters. The van der Waals surface area contributed by atoms with Crippen LogP contribution in [-0.2, 0) is 25.4 Å². The number of carbonyl (C=O) groups excluding carboxylic acids is 3. The summed E-state index contributed by atoms with van der Waals surface area (Å²) in [6, 6.07) is 1.71. The SMILES string of the molecule is CC(C)(C)OC(=O)N1CC[C@@H]1C(=O)O.CC(C)(C)OC(=O)N1CC[C@@H]1[C@H]1OC(=O)N[C@H]1Cc1cc(F)cc(F)c1. The number of amides is 3. The van der Waals surface area contributed by atoms with Crippen molar-refractivity contribution in [3.05, 3.63) is 35.4 Å². The highest BCUT2D eigenvalue weighted by atomic mass is 19.1. The lowest BCUT2D eigenvalue weighted by Crippen LogP contribution is -2.60. The third-order valence-electron chi connectivity index (χ3n) is 6.33. The van der Waals surface area contributed by atoms with Crippen molar-refractivity contribution < 1.29 is 47.3 Å². The number of carboxylic acids is 1. The summed E-state index contributed by atoms with van der Waals surface area (Å²) >= 11 is 0. The number of halogens is 2.